The third-order valence-corrected chi connectivity index (χ3v) is 2.39. The molecule has 0 aliphatic rings. The van der Waals surface area contributed by atoms with Gasteiger partial charge < -0.3 is 0 Å². The summed E-state index contributed by atoms with van der Waals surface area (Å²) >= 11 is 5.99. The van der Waals surface area contributed by atoms with Crippen molar-refractivity contribution in [2.45, 2.75) is 6.42 Å². The molecule has 2 aromatic rings. The van der Waals surface area contributed by atoms with Crippen molar-refractivity contribution < 1.29 is 0 Å². The molecule has 0 spiro atoms. The van der Waals surface area contributed by atoms with Gasteiger partial charge in [-0.1, -0.05) is 17.7 Å². The molecule has 0 radical (unpaired) electrons. The first-order chi connectivity index (χ1) is 6.81. The average molecular weight is 203 g/mol. The lowest BCUT2D eigenvalue weighted by Crippen LogP contribution is -1.85. The fourth-order valence-electron chi connectivity index (χ4n) is 1.36. The van der Waals surface area contributed by atoms with Crippen LogP contribution in [0.1, 0.15) is 5.56 Å². The SMILES string of the molecule is N#CCc1cc2cccnc2cc1Cl. The highest BCUT2D eigenvalue weighted by Gasteiger charge is 2.02. The second kappa shape index (κ2) is 3.65. The zero-order valence-electron chi connectivity index (χ0n) is 7.37. The number of hydrogen-bond acceptors (Lipinski definition) is 2. The molecule has 2 nitrogen and oxygen atoms in total. The van der Waals surface area contributed by atoms with Crippen molar-refractivity contribution in [2.75, 3.05) is 0 Å². The largest absolute Gasteiger partial charge is 0.256 e. The highest BCUT2D eigenvalue weighted by atomic mass is 35.5. The molecule has 0 bridgehead atoms. The van der Waals surface area contributed by atoms with Gasteiger partial charge in [0.05, 0.1) is 18.0 Å². The van der Waals surface area contributed by atoms with Crippen LogP contribution in [0.15, 0.2) is 30.5 Å². The monoisotopic (exact) mass is 202 g/mol. The van der Waals surface area contributed by atoms with Gasteiger partial charge in [-0.05, 0) is 23.8 Å². The van der Waals surface area contributed by atoms with Crippen LogP contribution in [0.3, 0.4) is 0 Å². The van der Waals surface area contributed by atoms with Crippen molar-refractivity contribution in [3.8, 4) is 6.07 Å². The van der Waals surface area contributed by atoms with E-state index >= 15 is 0 Å². The molecule has 0 unspecified atom stereocenters. The minimum Gasteiger partial charge on any atom is -0.256 e. The van der Waals surface area contributed by atoms with Crippen LogP contribution in [0.2, 0.25) is 5.02 Å². The molecule has 0 atom stereocenters. The van der Waals surface area contributed by atoms with Crippen LogP contribution >= 0.6 is 11.6 Å². The summed E-state index contributed by atoms with van der Waals surface area (Å²) in [6, 6.07) is 9.62. The van der Waals surface area contributed by atoms with Crippen molar-refractivity contribution in [2.24, 2.45) is 0 Å². The van der Waals surface area contributed by atoms with Crippen molar-refractivity contribution in [1.82, 2.24) is 4.98 Å². The van der Waals surface area contributed by atoms with Crippen molar-refractivity contribution in [1.29, 1.82) is 5.26 Å². The molecule has 3 heteroatoms. The van der Waals surface area contributed by atoms with Crippen molar-refractivity contribution in [3.63, 3.8) is 0 Å². The van der Waals surface area contributed by atoms with Gasteiger partial charge in [0, 0.05) is 16.6 Å². The van der Waals surface area contributed by atoms with Gasteiger partial charge in [0.2, 0.25) is 0 Å². The normalized spacial score (nSPS) is 10.0. The number of fused-ring (bicyclic) bond motifs is 1. The van der Waals surface area contributed by atoms with E-state index in [-0.39, 0.29) is 0 Å². The van der Waals surface area contributed by atoms with E-state index < -0.39 is 0 Å². The molecule has 0 aliphatic carbocycles. The molecule has 14 heavy (non-hydrogen) atoms. The zero-order chi connectivity index (χ0) is 9.97. The molecular formula is C11H7ClN2. The fourth-order valence-corrected chi connectivity index (χ4v) is 1.59. The zero-order valence-corrected chi connectivity index (χ0v) is 8.12. The van der Waals surface area contributed by atoms with Gasteiger partial charge in [-0.25, -0.2) is 0 Å². The summed E-state index contributed by atoms with van der Waals surface area (Å²) in [5.41, 5.74) is 1.72. The van der Waals surface area contributed by atoms with Crippen LogP contribution in [0, 0.1) is 11.3 Å². The van der Waals surface area contributed by atoms with Crippen LogP contribution in [0.25, 0.3) is 10.9 Å². The molecule has 0 N–H and O–H groups in total. The standard InChI is InChI=1S/C11H7ClN2/c12-10-7-11-9(2-1-5-14-11)6-8(10)3-4-13/h1-2,5-7H,3H2. The van der Waals surface area contributed by atoms with E-state index in [9.17, 15) is 0 Å². The highest BCUT2D eigenvalue weighted by molar-refractivity contribution is 6.32. The Balaban J connectivity index is 2.66. The van der Waals surface area contributed by atoms with Crippen LogP contribution < -0.4 is 0 Å². The van der Waals surface area contributed by atoms with Gasteiger partial charge in [-0.15, -0.1) is 0 Å². The number of benzene rings is 1. The fraction of sp³-hybridized carbons (Fsp3) is 0.0909. The predicted octanol–water partition coefficient (Wildman–Crippen LogP) is 2.95. The van der Waals surface area contributed by atoms with Crippen molar-refractivity contribution >= 4 is 22.5 Å². The second-order valence-electron chi connectivity index (χ2n) is 2.97. The lowest BCUT2D eigenvalue weighted by atomic mass is 10.1. The van der Waals surface area contributed by atoms with Gasteiger partial charge in [-0.3, -0.25) is 4.98 Å². The minimum atomic E-state index is 0.337. The van der Waals surface area contributed by atoms with Crippen LogP contribution in [0.4, 0.5) is 0 Å². The van der Waals surface area contributed by atoms with Crippen LogP contribution in [-0.2, 0) is 6.42 Å². The first kappa shape index (κ1) is 8.98. The Labute approximate surface area is 86.8 Å². The highest BCUT2D eigenvalue weighted by Crippen LogP contribution is 2.22. The van der Waals surface area contributed by atoms with E-state index in [0.29, 0.717) is 11.4 Å². The summed E-state index contributed by atoms with van der Waals surface area (Å²) in [4.78, 5) is 4.18. The Hall–Kier alpha value is -1.59. The summed E-state index contributed by atoms with van der Waals surface area (Å²) in [5, 5.41) is 10.2. The number of nitriles is 1. The number of nitrogens with zero attached hydrogens (tertiary/aromatic N) is 2. The molecule has 1 aromatic carbocycles. The number of hydrogen-bond donors (Lipinski definition) is 0. The molecule has 68 valence electrons. The van der Waals surface area contributed by atoms with E-state index in [1.807, 2.05) is 18.2 Å². The van der Waals surface area contributed by atoms with E-state index in [1.165, 1.54) is 0 Å². The van der Waals surface area contributed by atoms with Gasteiger partial charge in [0.15, 0.2) is 0 Å². The number of halogens is 1. The smallest absolute Gasteiger partial charge is 0.0716 e. The van der Waals surface area contributed by atoms with Crippen molar-refractivity contribution in [3.05, 3.63) is 41.0 Å². The third kappa shape index (κ3) is 1.55. The summed E-state index contributed by atoms with van der Waals surface area (Å²) in [6.45, 7) is 0. The Bertz CT molecular complexity index is 514. The Morgan fingerprint density at radius 3 is 3.07 bits per heavy atom. The molecule has 1 aromatic heterocycles. The number of rotatable bonds is 1. The minimum absolute atomic E-state index is 0.337. The van der Waals surface area contributed by atoms with Gasteiger partial charge in [-0.2, -0.15) is 5.26 Å². The molecule has 0 saturated carbocycles. The summed E-state index contributed by atoms with van der Waals surface area (Å²) in [5.74, 6) is 0. The first-order valence-corrected chi connectivity index (χ1v) is 4.59. The van der Waals surface area contributed by atoms with Gasteiger partial charge in [0.1, 0.15) is 0 Å². The average Bonchev–Trinajstić information content (AvgIpc) is 2.19. The lowest BCUT2D eigenvalue weighted by Gasteiger charge is -2.01. The molecule has 0 amide bonds. The Kier molecular flexibility index (Phi) is 2.34. The second-order valence-corrected chi connectivity index (χ2v) is 3.38. The maximum Gasteiger partial charge on any atom is 0.0716 e. The first-order valence-electron chi connectivity index (χ1n) is 4.21. The maximum atomic E-state index is 8.59. The summed E-state index contributed by atoms with van der Waals surface area (Å²) < 4.78 is 0. The number of aromatic nitrogens is 1. The number of pyridine rings is 1. The molecule has 2 rings (SSSR count). The predicted molar refractivity (Wildman–Crippen MR) is 56.1 cm³/mol. The summed E-state index contributed by atoms with van der Waals surface area (Å²) in [6.07, 6.45) is 2.06. The quantitative estimate of drug-likeness (QED) is 0.713. The van der Waals surface area contributed by atoms with Crippen LogP contribution in [-0.4, -0.2) is 4.98 Å². The molecule has 0 fully saturated rings. The lowest BCUT2D eigenvalue weighted by molar-refractivity contribution is 1.27. The van der Waals surface area contributed by atoms with E-state index in [0.717, 1.165) is 16.5 Å². The molecule has 0 aliphatic heterocycles. The van der Waals surface area contributed by atoms with E-state index in [1.54, 1.807) is 12.3 Å². The van der Waals surface area contributed by atoms with Crippen LogP contribution in [0.5, 0.6) is 0 Å². The topological polar surface area (TPSA) is 36.7 Å². The van der Waals surface area contributed by atoms with Gasteiger partial charge >= 0.3 is 0 Å². The molecule has 0 saturated heterocycles. The Morgan fingerprint density at radius 2 is 2.29 bits per heavy atom. The molecule has 1 heterocycles. The Morgan fingerprint density at radius 1 is 1.43 bits per heavy atom. The van der Waals surface area contributed by atoms with E-state index in [2.05, 4.69) is 11.1 Å². The van der Waals surface area contributed by atoms with E-state index in [4.69, 9.17) is 16.9 Å². The van der Waals surface area contributed by atoms with Gasteiger partial charge in [0.25, 0.3) is 0 Å². The third-order valence-electron chi connectivity index (χ3n) is 2.04. The molecular weight excluding hydrogens is 196 g/mol. The summed E-state index contributed by atoms with van der Waals surface area (Å²) in [7, 11) is 0. The maximum absolute atomic E-state index is 8.59.